The molecule has 0 atom stereocenters. The van der Waals surface area contributed by atoms with Crippen molar-refractivity contribution >= 4 is 17.6 Å². The number of hydrogen-bond donors (Lipinski definition) is 0. The van der Waals surface area contributed by atoms with Crippen LogP contribution in [0.3, 0.4) is 0 Å². The van der Waals surface area contributed by atoms with Gasteiger partial charge in [-0.05, 0) is 0 Å². The number of rotatable bonds is 4. The first-order chi connectivity index (χ1) is 12.1. The van der Waals surface area contributed by atoms with Gasteiger partial charge in [0, 0.05) is 19.2 Å². The van der Waals surface area contributed by atoms with E-state index >= 15 is 0 Å². The van der Waals surface area contributed by atoms with Crippen LogP contribution in [0.4, 0.5) is 5.69 Å². The van der Waals surface area contributed by atoms with Gasteiger partial charge in [-0.1, -0.05) is 0 Å². The van der Waals surface area contributed by atoms with Crippen LogP contribution in [0.25, 0.3) is 0 Å². The molecule has 0 spiro atoms. The van der Waals surface area contributed by atoms with E-state index in [1.807, 2.05) is 0 Å². The minimum absolute atomic E-state index is 0.193. The summed E-state index contributed by atoms with van der Waals surface area (Å²) in [7, 11) is 0. The summed E-state index contributed by atoms with van der Waals surface area (Å²) in [6, 6.07) is 2.32. The zero-order valence-electron chi connectivity index (χ0n) is 13.3. The summed E-state index contributed by atoms with van der Waals surface area (Å²) in [5.41, 5.74) is -0.753. The fourth-order valence-electron chi connectivity index (χ4n) is 2.50. The molecule has 2 heterocycles. The Kier molecular flexibility index (Phi) is 4.98. The predicted octanol–water partition coefficient (Wildman–Crippen LogP) is 0.382. The Labute approximate surface area is 142 Å². The standard InChI is InChI=1S/C15H16N2O8/c18-14(16-1-3-22-4-2-16)9-25-15(19)10-7-12-13(24-6-5-23-12)8-11(10)17(20)21/h7-8H,1-6,9H2. The molecule has 1 saturated heterocycles. The van der Waals surface area contributed by atoms with Gasteiger partial charge in [0.2, 0.25) is 0 Å². The Balaban J connectivity index is 1.72. The highest BCUT2D eigenvalue weighted by atomic mass is 16.6. The highest BCUT2D eigenvalue weighted by Crippen LogP contribution is 2.36. The summed E-state index contributed by atoms with van der Waals surface area (Å²) < 4.78 is 20.7. The summed E-state index contributed by atoms with van der Waals surface area (Å²) in [6.07, 6.45) is 0. The minimum Gasteiger partial charge on any atom is -0.486 e. The molecule has 1 amide bonds. The summed E-state index contributed by atoms with van der Waals surface area (Å²) in [4.78, 5) is 36.2. The highest BCUT2D eigenvalue weighted by Gasteiger charge is 2.28. The maximum atomic E-state index is 12.2. The Morgan fingerprint density at radius 3 is 2.40 bits per heavy atom. The molecule has 10 heteroatoms. The average molecular weight is 352 g/mol. The molecule has 0 saturated carbocycles. The predicted molar refractivity (Wildman–Crippen MR) is 81.8 cm³/mol. The molecule has 25 heavy (non-hydrogen) atoms. The molecule has 1 fully saturated rings. The number of benzene rings is 1. The molecule has 10 nitrogen and oxygen atoms in total. The number of carbonyl (C=O) groups is 2. The Morgan fingerprint density at radius 1 is 1.12 bits per heavy atom. The van der Waals surface area contributed by atoms with Crippen molar-refractivity contribution in [2.45, 2.75) is 0 Å². The minimum atomic E-state index is -0.967. The fourth-order valence-corrected chi connectivity index (χ4v) is 2.50. The number of esters is 1. The summed E-state index contributed by atoms with van der Waals surface area (Å²) in [6.45, 7) is 1.73. The molecule has 2 aliphatic rings. The number of amides is 1. The van der Waals surface area contributed by atoms with E-state index in [0.29, 0.717) is 26.3 Å². The molecule has 1 aromatic carbocycles. The van der Waals surface area contributed by atoms with Gasteiger partial charge in [-0.25, -0.2) is 4.79 Å². The van der Waals surface area contributed by atoms with Gasteiger partial charge >= 0.3 is 5.97 Å². The van der Waals surface area contributed by atoms with Crippen molar-refractivity contribution in [3.63, 3.8) is 0 Å². The van der Waals surface area contributed by atoms with E-state index in [2.05, 4.69) is 0 Å². The van der Waals surface area contributed by atoms with Crippen molar-refractivity contribution in [2.75, 3.05) is 46.1 Å². The van der Waals surface area contributed by atoms with Gasteiger partial charge in [0.05, 0.1) is 24.2 Å². The molecule has 0 bridgehead atoms. The van der Waals surface area contributed by atoms with Gasteiger partial charge in [-0.3, -0.25) is 14.9 Å². The van der Waals surface area contributed by atoms with Gasteiger partial charge in [0.1, 0.15) is 18.8 Å². The first kappa shape index (κ1) is 17.0. The molecule has 0 unspecified atom stereocenters. The quantitative estimate of drug-likeness (QED) is 0.434. The second-order valence-electron chi connectivity index (χ2n) is 5.34. The number of ether oxygens (including phenoxy) is 4. The van der Waals surface area contributed by atoms with Crippen LogP contribution in [0.15, 0.2) is 12.1 Å². The lowest BCUT2D eigenvalue weighted by Crippen LogP contribution is -2.42. The van der Waals surface area contributed by atoms with Crippen LogP contribution in [0.5, 0.6) is 11.5 Å². The van der Waals surface area contributed by atoms with Crippen LogP contribution < -0.4 is 9.47 Å². The lowest BCUT2D eigenvalue weighted by molar-refractivity contribution is -0.385. The molecular weight excluding hydrogens is 336 g/mol. The molecule has 0 radical (unpaired) electrons. The first-order valence-corrected chi connectivity index (χ1v) is 7.67. The summed E-state index contributed by atoms with van der Waals surface area (Å²) in [5, 5.41) is 11.2. The van der Waals surface area contributed by atoms with E-state index in [4.69, 9.17) is 18.9 Å². The highest BCUT2D eigenvalue weighted by molar-refractivity contribution is 5.96. The Bertz CT molecular complexity index is 699. The third-order valence-electron chi connectivity index (χ3n) is 3.77. The zero-order chi connectivity index (χ0) is 17.8. The normalized spacial score (nSPS) is 16.2. The Morgan fingerprint density at radius 2 is 1.76 bits per heavy atom. The Hall–Kier alpha value is -2.88. The number of nitrogens with zero attached hydrogens (tertiary/aromatic N) is 2. The van der Waals surface area contributed by atoms with E-state index in [9.17, 15) is 19.7 Å². The van der Waals surface area contributed by atoms with Crippen LogP contribution in [-0.2, 0) is 14.3 Å². The van der Waals surface area contributed by atoms with E-state index in [-0.39, 0.29) is 36.2 Å². The molecule has 0 aromatic heterocycles. The van der Waals surface area contributed by atoms with Gasteiger partial charge in [-0.2, -0.15) is 0 Å². The number of fused-ring (bicyclic) bond motifs is 1. The topological polar surface area (TPSA) is 117 Å². The summed E-state index contributed by atoms with van der Waals surface area (Å²) in [5.74, 6) is -0.927. The molecule has 1 aromatic rings. The van der Waals surface area contributed by atoms with E-state index < -0.39 is 23.2 Å². The number of hydrogen-bond acceptors (Lipinski definition) is 8. The van der Waals surface area contributed by atoms with Crippen LogP contribution >= 0.6 is 0 Å². The average Bonchev–Trinajstić information content (AvgIpc) is 2.65. The lowest BCUT2D eigenvalue weighted by Gasteiger charge is -2.26. The smallest absolute Gasteiger partial charge is 0.345 e. The van der Waals surface area contributed by atoms with Gasteiger partial charge < -0.3 is 23.8 Å². The van der Waals surface area contributed by atoms with Crippen molar-refractivity contribution in [1.82, 2.24) is 4.90 Å². The second-order valence-corrected chi connectivity index (χ2v) is 5.34. The van der Waals surface area contributed by atoms with E-state index in [1.54, 1.807) is 0 Å². The van der Waals surface area contributed by atoms with Crippen LogP contribution in [0.2, 0.25) is 0 Å². The maximum absolute atomic E-state index is 12.2. The third kappa shape index (κ3) is 3.79. The number of carbonyl (C=O) groups excluding carboxylic acids is 2. The molecule has 0 N–H and O–H groups in total. The van der Waals surface area contributed by atoms with Crippen molar-refractivity contribution in [2.24, 2.45) is 0 Å². The molecule has 0 aliphatic carbocycles. The van der Waals surface area contributed by atoms with Crippen LogP contribution in [-0.4, -0.2) is 67.8 Å². The number of nitro benzene ring substituents is 1. The largest absolute Gasteiger partial charge is 0.486 e. The number of morpholine rings is 1. The van der Waals surface area contributed by atoms with Crippen LogP contribution in [0.1, 0.15) is 10.4 Å². The van der Waals surface area contributed by atoms with Gasteiger partial charge in [-0.15, -0.1) is 0 Å². The van der Waals surface area contributed by atoms with E-state index in [1.165, 1.54) is 11.0 Å². The van der Waals surface area contributed by atoms with Crippen molar-refractivity contribution in [1.29, 1.82) is 0 Å². The van der Waals surface area contributed by atoms with Crippen molar-refractivity contribution in [3.05, 3.63) is 27.8 Å². The lowest BCUT2D eigenvalue weighted by atomic mass is 10.1. The van der Waals surface area contributed by atoms with Gasteiger partial charge in [0.15, 0.2) is 18.1 Å². The molecule has 134 valence electrons. The molecule has 3 rings (SSSR count). The van der Waals surface area contributed by atoms with Gasteiger partial charge in [0.25, 0.3) is 11.6 Å². The number of nitro groups is 1. The van der Waals surface area contributed by atoms with E-state index in [0.717, 1.165) is 6.07 Å². The summed E-state index contributed by atoms with van der Waals surface area (Å²) >= 11 is 0. The zero-order valence-corrected chi connectivity index (χ0v) is 13.3. The first-order valence-electron chi connectivity index (χ1n) is 7.67. The second kappa shape index (κ2) is 7.34. The fraction of sp³-hybridized carbons (Fsp3) is 0.467. The van der Waals surface area contributed by atoms with Crippen molar-refractivity contribution < 1.29 is 33.5 Å². The maximum Gasteiger partial charge on any atom is 0.345 e. The third-order valence-corrected chi connectivity index (χ3v) is 3.77. The van der Waals surface area contributed by atoms with Crippen molar-refractivity contribution in [3.8, 4) is 11.5 Å². The monoisotopic (exact) mass is 352 g/mol. The van der Waals surface area contributed by atoms with Crippen LogP contribution in [0, 0.1) is 10.1 Å². The SMILES string of the molecule is O=C(OCC(=O)N1CCOCC1)c1cc2c(cc1[N+](=O)[O-])OCCO2. The molecular formula is C15H16N2O8. The molecule has 2 aliphatic heterocycles.